The summed E-state index contributed by atoms with van der Waals surface area (Å²) in [4.78, 5) is 14.5. The van der Waals surface area contributed by atoms with Crippen LogP contribution in [0.15, 0.2) is 5.38 Å². The van der Waals surface area contributed by atoms with E-state index in [0.29, 0.717) is 24.3 Å². The van der Waals surface area contributed by atoms with Crippen LogP contribution in [0.1, 0.15) is 30.0 Å². The van der Waals surface area contributed by atoms with Gasteiger partial charge in [0.25, 0.3) is 0 Å². The summed E-state index contributed by atoms with van der Waals surface area (Å²) < 4.78 is 37.1. The second-order valence-corrected chi connectivity index (χ2v) is 5.79. The van der Waals surface area contributed by atoms with Gasteiger partial charge in [-0.1, -0.05) is 0 Å². The van der Waals surface area contributed by atoms with Crippen LogP contribution in [0, 0.1) is 5.41 Å². The van der Waals surface area contributed by atoms with E-state index in [1.54, 1.807) is 0 Å². The molecule has 7 heteroatoms. The summed E-state index contributed by atoms with van der Waals surface area (Å²) in [5, 5.41) is 10.4. The lowest BCUT2D eigenvalue weighted by molar-refractivity contribution is -0.194. The van der Waals surface area contributed by atoms with Crippen molar-refractivity contribution < 1.29 is 23.1 Å². The maximum Gasteiger partial charge on any atom is 0.434 e. The molecular weight excluding hydrogens is 255 g/mol. The monoisotopic (exact) mass is 263 g/mol. The molecule has 3 nitrogen and oxygen atoms in total. The van der Waals surface area contributed by atoms with Crippen LogP contribution in [0.3, 0.4) is 0 Å². The molecule has 0 radical (unpaired) electrons. The highest BCUT2D eigenvalue weighted by atomic mass is 32.1. The van der Waals surface area contributed by atoms with Gasteiger partial charge in [-0.05, 0) is 19.3 Å². The molecule has 0 spiro atoms. The van der Waals surface area contributed by atoms with E-state index >= 15 is 0 Å². The van der Waals surface area contributed by atoms with Crippen LogP contribution in [0.4, 0.5) is 13.2 Å². The summed E-state index contributed by atoms with van der Waals surface area (Å²) in [5.41, 5.74) is -1.93. The lowest BCUT2D eigenvalue weighted by atomic mass is 9.35. The third-order valence-corrected chi connectivity index (χ3v) is 4.82. The number of carboxylic acids is 1. The molecule has 2 bridgehead atoms. The van der Waals surface area contributed by atoms with E-state index in [4.69, 9.17) is 5.11 Å². The first-order chi connectivity index (χ1) is 7.78. The van der Waals surface area contributed by atoms with Gasteiger partial charge in [-0.25, -0.2) is 4.98 Å². The van der Waals surface area contributed by atoms with Crippen molar-refractivity contribution >= 4 is 17.3 Å². The minimum atomic E-state index is -4.41. The number of hydrogen-bond acceptors (Lipinski definition) is 3. The number of aromatic nitrogens is 1. The second-order valence-electron chi connectivity index (χ2n) is 4.93. The lowest BCUT2D eigenvalue weighted by Crippen LogP contribution is -2.67. The fourth-order valence-corrected chi connectivity index (χ4v) is 3.92. The molecule has 0 aliphatic heterocycles. The molecule has 3 aliphatic rings. The van der Waals surface area contributed by atoms with Gasteiger partial charge >= 0.3 is 12.1 Å². The van der Waals surface area contributed by atoms with Gasteiger partial charge in [-0.15, -0.1) is 11.3 Å². The summed E-state index contributed by atoms with van der Waals surface area (Å²) in [6.45, 7) is 0. The SMILES string of the molecule is O=C(O)C12CC(c3nc(C(F)(F)F)cs3)(C1)C2. The molecule has 0 atom stereocenters. The van der Waals surface area contributed by atoms with E-state index in [-0.39, 0.29) is 5.41 Å². The lowest BCUT2D eigenvalue weighted by Gasteiger charge is -2.67. The summed E-state index contributed by atoms with van der Waals surface area (Å²) in [7, 11) is 0. The van der Waals surface area contributed by atoms with Crippen molar-refractivity contribution in [2.45, 2.75) is 30.9 Å². The largest absolute Gasteiger partial charge is 0.481 e. The Morgan fingerprint density at radius 3 is 2.41 bits per heavy atom. The quantitative estimate of drug-likeness (QED) is 0.892. The number of aliphatic carboxylic acids is 1. The molecule has 1 aromatic heterocycles. The Hall–Kier alpha value is -1.11. The molecule has 1 heterocycles. The fourth-order valence-electron chi connectivity index (χ4n) is 2.89. The van der Waals surface area contributed by atoms with Crippen molar-refractivity contribution in [2.75, 3.05) is 0 Å². The molecule has 4 rings (SSSR count). The minimum Gasteiger partial charge on any atom is -0.481 e. The average molecular weight is 263 g/mol. The van der Waals surface area contributed by atoms with Gasteiger partial charge in [0.05, 0.1) is 10.4 Å². The van der Waals surface area contributed by atoms with Gasteiger partial charge in [0.2, 0.25) is 0 Å². The van der Waals surface area contributed by atoms with Crippen molar-refractivity contribution in [1.82, 2.24) is 4.98 Å². The number of carbonyl (C=O) groups is 1. The normalized spacial score (nSPS) is 35.0. The van der Waals surface area contributed by atoms with E-state index in [9.17, 15) is 18.0 Å². The molecule has 0 amide bonds. The highest BCUT2D eigenvalue weighted by Crippen LogP contribution is 2.74. The topological polar surface area (TPSA) is 50.2 Å². The third-order valence-electron chi connectivity index (χ3n) is 3.73. The summed E-state index contributed by atoms with van der Waals surface area (Å²) >= 11 is 0.983. The number of hydrogen-bond donors (Lipinski definition) is 1. The van der Waals surface area contributed by atoms with Crippen LogP contribution in [0.5, 0.6) is 0 Å². The zero-order valence-corrected chi connectivity index (χ0v) is 9.36. The molecule has 0 saturated heterocycles. The smallest absolute Gasteiger partial charge is 0.434 e. The number of halogens is 3. The maximum absolute atomic E-state index is 12.4. The number of alkyl halides is 3. The summed E-state index contributed by atoms with van der Waals surface area (Å²) in [5.74, 6) is -0.841. The van der Waals surface area contributed by atoms with Gasteiger partial charge in [0.15, 0.2) is 5.69 Å². The third kappa shape index (κ3) is 1.28. The first kappa shape index (κ1) is 11.0. The van der Waals surface area contributed by atoms with Crippen LogP contribution < -0.4 is 0 Å². The Bertz CT molecular complexity index is 488. The van der Waals surface area contributed by atoms with E-state index in [2.05, 4.69) is 4.98 Å². The number of rotatable bonds is 2. The molecule has 17 heavy (non-hydrogen) atoms. The van der Waals surface area contributed by atoms with Gasteiger partial charge in [0, 0.05) is 10.8 Å². The zero-order chi connectivity index (χ0) is 12.5. The predicted molar refractivity (Wildman–Crippen MR) is 52.7 cm³/mol. The Labute approximate surface area is 98.3 Å². The van der Waals surface area contributed by atoms with E-state index in [0.717, 1.165) is 16.7 Å². The highest BCUT2D eigenvalue weighted by molar-refractivity contribution is 7.09. The summed E-state index contributed by atoms with van der Waals surface area (Å²) in [6, 6.07) is 0. The number of thiazole rings is 1. The van der Waals surface area contributed by atoms with Gasteiger partial charge in [0.1, 0.15) is 0 Å². The van der Waals surface area contributed by atoms with E-state index in [1.807, 2.05) is 0 Å². The van der Waals surface area contributed by atoms with Gasteiger partial charge < -0.3 is 5.11 Å². The molecule has 3 aliphatic carbocycles. The zero-order valence-electron chi connectivity index (χ0n) is 8.54. The second kappa shape index (κ2) is 2.82. The van der Waals surface area contributed by atoms with Crippen LogP contribution in [0.25, 0.3) is 0 Å². The van der Waals surface area contributed by atoms with Crippen molar-refractivity contribution in [3.05, 3.63) is 16.1 Å². The van der Waals surface area contributed by atoms with Crippen molar-refractivity contribution in [1.29, 1.82) is 0 Å². The van der Waals surface area contributed by atoms with E-state index in [1.165, 1.54) is 0 Å². The van der Waals surface area contributed by atoms with Crippen molar-refractivity contribution in [3.8, 4) is 0 Å². The van der Waals surface area contributed by atoms with Crippen LogP contribution in [-0.2, 0) is 16.4 Å². The Balaban J connectivity index is 1.81. The molecule has 0 unspecified atom stereocenters. The Kier molecular flexibility index (Phi) is 1.83. The minimum absolute atomic E-state index is 0.382. The first-order valence-electron chi connectivity index (χ1n) is 5.04. The average Bonchev–Trinajstić information content (AvgIpc) is 2.45. The van der Waals surface area contributed by atoms with Crippen molar-refractivity contribution in [2.24, 2.45) is 5.41 Å². The van der Waals surface area contributed by atoms with Gasteiger partial charge in [-0.2, -0.15) is 13.2 Å². The Morgan fingerprint density at radius 1 is 1.41 bits per heavy atom. The maximum atomic E-state index is 12.4. The van der Waals surface area contributed by atoms with Crippen LogP contribution in [-0.4, -0.2) is 16.1 Å². The predicted octanol–water partition coefficient (Wildman–Crippen LogP) is 2.67. The molecule has 92 valence electrons. The Morgan fingerprint density at radius 2 is 2.00 bits per heavy atom. The molecule has 3 fully saturated rings. The molecule has 0 aromatic carbocycles. The van der Waals surface area contributed by atoms with Gasteiger partial charge in [-0.3, -0.25) is 4.79 Å². The highest BCUT2D eigenvalue weighted by Gasteiger charge is 2.73. The molecule has 1 aromatic rings. The number of carboxylic acid groups (broad SMARTS) is 1. The summed E-state index contributed by atoms with van der Waals surface area (Å²) in [6.07, 6.45) is -3.12. The van der Waals surface area contributed by atoms with E-state index < -0.39 is 23.3 Å². The standard InChI is InChI=1S/C10H8F3NO2S/c11-10(12,13)5-1-17-6(14-5)8-2-9(3-8,4-8)7(15)16/h1H,2-4H2,(H,15,16). The van der Waals surface area contributed by atoms with Crippen molar-refractivity contribution in [3.63, 3.8) is 0 Å². The molecule has 1 N–H and O–H groups in total. The molecule has 3 saturated carbocycles. The number of nitrogens with zero attached hydrogens (tertiary/aromatic N) is 1. The fraction of sp³-hybridized carbons (Fsp3) is 0.600. The molecular formula is C10H8F3NO2S. The van der Waals surface area contributed by atoms with Crippen LogP contribution >= 0.6 is 11.3 Å². The first-order valence-corrected chi connectivity index (χ1v) is 5.92. The van der Waals surface area contributed by atoms with Crippen LogP contribution in [0.2, 0.25) is 0 Å².